The zero-order valence-electron chi connectivity index (χ0n) is 7.83. The Morgan fingerprint density at radius 1 is 1.57 bits per heavy atom. The van der Waals surface area contributed by atoms with E-state index in [9.17, 15) is 4.79 Å². The van der Waals surface area contributed by atoms with Crippen molar-refractivity contribution in [2.45, 2.75) is 10.8 Å². The number of hydrogen-bond acceptors (Lipinski definition) is 3. The lowest BCUT2D eigenvalue weighted by molar-refractivity contribution is -0.137. The second-order valence-electron chi connectivity index (χ2n) is 2.65. The average molecular weight is 231 g/mol. The molecule has 0 radical (unpaired) electrons. The number of alkyl halides is 1. The lowest BCUT2D eigenvalue weighted by Crippen LogP contribution is -2.02. The van der Waals surface area contributed by atoms with Gasteiger partial charge in [0.2, 0.25) is 0 Å². The molecule has 0 bridgehead atoms. The zero-order valence-corrected chi connectivity index (χ0v) is 9.40. The number of methoxy groups -OCH3 is 1. The summed E-state index contributed by atoms with van der Waals surface area (Å²) in [6, 6.07) is 7.80. The molecule has 0 N–H and O–H groups in total. The predicted octanol–water partition coefficient (Wildman–Crippen LogP) is 2.69. The third kappa shape index (κ3) is 3.60. The van der Waals surface area contributed by atoms with Gasteiger partial charge in [-0.15, -0.1) is 23.4 Å². The molecule has 1 aromatic rings. The van der Waals surface area contributed by atoms with Crippen LogP contribution in [0.3, 0.4) is 0 Å². The van der Waals surface area contributed by atoms with Crippen molar-refractivity contribution in [2.24, 2.45) is 0 Å². The molecule has 0 amide bonds. The second-order valence-corrected chi connectivity index (χ2v) is 3.96. The maximum absolute atomic E-state index is 10.9. The van der Waals surface area contributed by atoms with Crippen LogP contribution in [0.1, 0.15) is 5.56 Å². The van der Waals surface area contributed by atoms with Gasteiger partial charge >= 0.3 is 5.97 Å². The van der Waals surface area contributed by atoms with Gasteiger partial charge in [-0.2, -0.15) is 0 Å². The van der Waals surface area contributed by atoms with E-state index >= 15 is 0 Å². The maximum atomic E-state index is 10.9. The number of thioether (sulfide) groups is 1. The molecule has 0 atom stereocenters. The van der Waals surface area contributed by atoms with Crippen LogP contribution >= 0.6 is 23.4 Å². The van der Waals surface area contributed by atoms with Gasteiger partial charge in [0.05, 0.1) is 12.9 Å². The van der Waals surface area contributed by atoms with E-state index in [1.165, 1.54) is 18.9 Å². The quantitative estimate of drug-likeness (QED) is 0.452. The molecule has 0 saturated carbocycles. The van der Waals surface area contributed by atoms with Crippen LogP contribution in [0.25, 0.3) is 0 Å². The minimum atomic E-state index is -0.216. The highest BCUT2D eigenvalue weighted by Crippen LogP contribution is 2.19. The van der Waals surface area contributed by atoms with Crippen LogP contribution < -0.4 is 0 Å². The average Bonchev–Trinajstić information content (AvgIpc) is 2.26. The number of hydrogen-bond donors (Lipinski definition) is 0. The largest absolute Gasteiger partial charge is 0.468 e. The van der Waals surface area contributed by atoms with Crippen molar-refractivity contribution in [3.8, 4) is 0 Å². The molecule has 2 nitrogen and oxygen atoms in total. The van der Waals surface area contributed by atoms with Gasteiger partial charge in [-0.25, -0.2) is 0 Å². The van der Waals surface area contributed by atoms with Gasteiger partial charge in [0.15, 0.2) is 0 Å². The van der Waals surface area contributed by atoms with E-state index < -0.39 is 0 Å². The Balaban J connectivity index is 2.54. The van der Waals surface area contributed by atoms with Crippen molar-refractivity contribution in [1.82, 2.24) is 0 Å². The highest BCUT2D eigenvalue weighted by molar-refractivity contribution is 8.00. The zero-order chi connectivity index (χ0) is 10.4. The summed E-state index contributed by atoms with van der Waals surface area (Å²) in [4.78, 5) is 11.9. The highest BCUT2D eigenvalue weighted by atomic mass is 35.5. The minimum absolute atomic E-state index is 0.216. The fraction of sp³-hybridized carbons (Fsp3) is 0.300. The first-order valence-corrected chi connectivity index (χ1v) is 5.63. The molecule has 0 spiro atoms. The van der Waals surface area contributed by atoms with Gasteiger partial charge < -0.3 is 4.74 Å². The van der Waals surface area contributed by atoms with Gasteiger partial charge in [-0.3, -0.25) is 4.79 Å². The molecule has 4 heteroatoms. The third-order valence-corrected chi connectivity index (χ3v) is 2.91. The second kappa shape index (κ2) is 5.94. The Morgan fingerprint density at radius 3 is 3.00 bits per heavy atom. The highest BCUT2D eigenvalue weighted by Gasteiger charge is 2.02. The molecule has 0 saturated heterocycles. The predicted molar refractivity (Wildman–Crippen MR) is 58.7 cm³/mol. The van der Waals surface area contributed by atoms with Crippen molar-refractivity contribution in [2.75, 3.05) is 12.9 Å². The number of carbonyl (C=O) groups is 1. The number of esters is 1. The van der Waals surface area contributed by atoms with Crippen molar-refractivity contribution in [3.63, 3.8) is 0 Å². The van der Waals surface area contributed by atoms with Crippen LogP contribution in [0.4, 0.5) is 0 Å². The SMILES string of the molecule is COC(=O)CSc1cccc(CCl)c1. The molecule has 14 heavy (non-hydrogen) atoms. The van der Waals surface area contributed by atoms with Crippen molar-refractivity contribution >= 4 is 29.3 Å². The maximum Gasteiger partial charge on any atom is 0.315 e. The van der Waals surface area contributed by atoms with Gasteiger partial charge in [-0.1, -0.05) is 12.1 Å². The van der Waals surface area contributed by atoms with E-state index in [4.69, 9.17) is 11.6 Å². The normalized spacial score (nSPS) is 9.86. The van der Waals surface area contributed by atoms with E-state index in [1.807, 2.05) is 24.3 Å². The number of ether oxygens (including phenoxy) is 1. The first kappa shape index (κ1) is 11.4. The summed E-state index contributed by atoms with van der Waals surface area (Å²) in [7, 11) is 1.39. The smallest absolute Gasteiger partial charge is 0.315 e. The van der Waals surface area contributed by atoms with Crippen molar-refractivity contribution in [1.29, 1.82) is 0 Å². The molecule has 76 valence electrons. The van der Waals surface area contributed by atoms with Crippen LogP contribution in [0.2, 0.25) is 0 Å². The molecular formula is C10H11ClO2S. The molecule has 0 heterocycles. The summed E-state index contributed by atoms with van der Waals surface area (Å²) in [5.74, 6) is 0.612. The summed E-state index contributed by atoms with van der Waals surface area (Å²) >= 11 is 7.14. The van der Waals surface area contributed by atoms with E-state index in [0.29, 0.717) is 11.6 Å². The Bertz CT molecular complexity index is 315. The fourth-order valence-electron chi connectivity index (χ4n) is 0.920. The lowest BCUT2D eigenvalue weighted by atomic mass is 10.2. The van der Waals surface area contributed by atoms with Crippen LogP contribution in [0.15, 0.2) is 29.2 Å². The standard InChI is InChI=1S/C10H11ClO2S/c1-13-10(12)7-14-9-4-2-3-8(5-9)6-11/h2-5H,6-7H2,1H3. The van der Waals surface area contributed by atoms with Gasteiger partial charge in [0.25, 0.3) is 0 Å². The summed E-state index contributed by atoms with van der Waals surface area (Å²) in [5, 5.41) is 0. The number of halogens is 1. The summed E-state index contributed by atoms with van der Waals surface area (Å²) in [5.41, 5.74) is 1.06. The third-order valence-electron chi connectivity index (χ3n) is 1.64. The fourth-order valence-corrected chi connectivity index (χ4v) is 1.90. The molecule has 0 unspecified atom stereocenters. The summed E-state index contributed by atoms with van der Waals surface area (Å²) in [6.45, 7) is 0. The van der Waals surface area contributed by atoms with E-state index in [1.54, 1.807) is 0 Å². The van der Waals surface area contributed by atoms with Gasteiger partial charge in [0.1, 0.15) is 0 Å². The Kier molecular flexibility index (Phi) is 4.84. The molecule has 0 aliphatic rings. The van der Waals surface area contributed by atoms with E-state index in [2.05, 4.69) is 4.74 Å². The van der Waals surface area contributed by atoms with E-state index in [-0.39, 0.29) is 5.97 Å². The lowest BCUT2D eigenvalue weighted by Gasteiger charge is -2.01. The van der Waals surface area contributed by atoms with Crippen LogP contribution in [0, 0.1) is 0 Å². The van der Waals surface area contributed by atoms with Crippen molar-refractivity contribution < 1.29 is 9.53 Å². The summed E-state index contributed by atoms with van der Waals surface area (Å²) < 4.78 is 4.54. The minimum Gasteiger partial charge on any atom is -0.468 e. The Morgan fingerprint density at radius 2 is 2.36 bits per heavy atom. The summed E-state index contributed by atoms with van der Waals surface area (Å²) in [6.07, 6.45) is 0. The number of benzene rings is 1. The monoisotopic (exact) mass is 230 g/mol. The first-order valence-electron chi connectivity index (χ1n) is 4.11. The molecule has 0 aliphatic carbocycles. The van der Waals surface area contributed by atoms with Gasteiger partial charge in [0, 0.05) is 10.8 Å². The van der Waals surface area contributed by atoms with Crippen LogP contribution in [0.5, 0.6) is 0 Å². The Labute approximate surface area is 92.6 Å². The Hall–Kier alpha value is -0.670. The van der Waals surface area contributed by atoms with Gasteiger partial charge in [-0.05, 0) is 17.7 Å². The first-order chi connectivity index (χ1) is 6.76. The van der Waals surface area contributed by atoms with Crippen molar-refractivity contribution in [3.05, 3.63) is 29.8 Å². The molecule has 1 aromatic carbocycles. The van der Waals surface area contributed by atoms with E-state index in [0.717, 1.165) is 10.5 Å². The topological polar surface area (TPSA) is 26.3 Å². The number of carbonyl (C=O) groups excluding carboxylic acids is 1. The molecule has 0 fully saturated rings. The molecular weight excluding hydrogens is 220 g/mol. The number of rotatable bonds is 4. The molecule has 1 rings (SSSR count). The molecule has 0 aliphatic heterocycles. The molecule has 0 aromatic heterocycles. The van der Waals surface area contributed by atoms with Crippen LogP contribution in [-0.4, -0.2) is 18.8 Å². The van der Waals surface area contributed by atoms with Crippen LogP contribution in [-0.2, 0) is 15.4 Å².